The molecule has 1 heterocycles. The molecule has 1 aliphatic rings. The minimum atomic E-state index is -1.01. The summed E-state index contributed by atoms with van der Waals surface area (Å²) in [6.07, 6.45) is 0. The van der Waals surface area contributed by atoms with E-state index in [1.165, 1.54) is 18.2 Å². The van der Waals surface area contributed by atoms with Crippen LogP contribution < -0.4 is 0 Å². The molecule has 0 atom stereocenters. The van der Waals surface area contributed by atoms with Crippen LogP contribution in [0.5, 0.6) is 0 Å². The first kappa shape index (κ1) is 17.4. The lowest BCUT2D eigenvalue weighted by molar-refractivity contribution is -0.143. The Bertz CT molecular complexity index is 703. The minimum absolute atomic E-state index is 0.0112. The standard InChI is InChI=1S/C15H14Cl2N2O4/c1-8(2)6-18-13(21)14(22)19(15(18)23)7-12(20)10-4-3-9(16)5-11(10)17/h3-5,8H,6-7H2,1-2H3. The third kappa shape index (κ3) is 3.54. The molecule has 1 aromatic carbocycles. The van der Waals surface area contributed by atoms with Crippen LogP contribution in [0.15, 0.2) is 18.2 Å². The van der Waals surface area contributed by atoms with Gasteiger partial charge in [0, 0.05) is 17.1 Å². The van der Waals surface area contributed by atoms with Crippen molar-refractivity contribution < 1.29 is 19.2 Å². The van der Waals surface area contributed by atoms with Crippen LogP contribution in [0.1, 0.15) is 24.2 Å². The average molecular weight is 357 g/mol. The summed E-state index contributed by atoms with van der Waals surface area (Å²) in [6.45, 7) is 3.20. The highest BCUT2D eigenvalue weighted by Gasteiger charge is 2.45. The van der Waals surface area contributed by atoms with Crippen molar-refractivity contribution in [2.75, 3.05) is 13.1 Å². The number of amides is 4. The van der Waals surface area contributed by atoms with Gasteiger partial charge < -0.3 is 0 Å². The van der Waals surface area contributed by atoms with Crippen molar-refractivity contribution in [1.29, 1.82) is 0 Å². The van der Waals surface area contributed by atoms with Crippen LogP contribution in [0.25, 0.3) is 0 Å². The highest BCUT2D eigenvalue weighted by molar-refractivity contribution is 6.45. The molecule has 0 saturated carbocycles. The molecule has 1 aromatic rings. The predicted molar refractivity (Wildman–Crippen MR) is 84.5 cm³/mol. The van der Waals surface area contributed by atoms with Crippen molar-refractivity contribution in [3.05, 3.63) is 33.8 Å². The van der Waals surface area contributed by atoms with E-state index >= 15 is 0 Å². The molecule has 1 fully saturated rings. The molecule has 2 rings (SSSR count). The first-order valence-electron chi connectivity index (χ1n) is 6.88. The molecule has 122 valence electrons. The Balaban J connectivity index is 2.19. The summed E-state index contributed by atoms with van der Waals surface area (Å²) >= 11 is 11.7. The van der Waals surface area contributed by atoms with Crippen LogP contribution in [0.4, 0.5) is 4.79 Å². The molecule has 1 aliphatic heterocycles. The third-order valence-corrected chi connectivity index (χ3v) is 3.76. The van der Waals surface area contributed by atoms with Crippen LogP contribution in [0.2, 0.25) is 10.0 Å². The van der Waals surface area contributed by atoms with Gasteiger partial charge in [-0.25, -0.2) is 9.69 Å². The van der Waals surface area contributed by atoms with Gasteiger partial charge in [0.05, 0.1) is 11.6 Å². The Morgan fingerprint density at radius 2 is 1.70 bits per heavy atom. The summed E-state index contributed by atoms with van der Waals surface area (Å²) in [7, 11) is 0. The SMILES string of the molecule is CC(C)CN1C(=O)C(=O)N(CC(=O)c2ccc(Cl)cc2Cl)C1=O. The van der Waals surface area contributed by atoms with Gasteiger partial charge in [-0.3, -0.25) is 19.3 Å². The Kier molecular flexibility index (Phi) is 5.06. The van der Waals surface area contributed by atoms with E-state index in [9.17, 15) is 19.2 Å². The minimum Gasteiger partial charge on any atom is -0.292 e. The molecule has 0 N–H and O–H groups in total. The fraction of sp³-hybridized carbons (Fsp3) is 0.333. The molecule has 6 nitrogen and oxygen atoms in total. The number of hydrogen-bond donors (Lipinski definition) is 0. The van der Waals surface area contributed by atoms with Crippen LogP contribution in [0.3, 0.4) is 0 Å². The van der Waals surface area contributed by atoms with Gasteiger partial charge in [-0.15, -0.1) is 0 Å². The number of rotatable bonds is 5. The fourth-order valence-corrected chi connectivity index (χ4v) is 2.67. The highest BCUT2D eigenvalue weighted by atomic mass is 35.5. The summed E-state index contributed by atoms with van der Waals surface area (Å²) in [4.78, 5) is 49.7. The van der Waals surface area contributed by atoms with E-state index in [1.807, 2.05) is 13.8 Å². The molecule has 0 spiro atoms. The zero-order valence-corrected chi connectivity index (χ0v) is 14.0. The Morgan fingerprint density at radius 3 is 2.26 bits per heavy atom. The molecular formula is C15H14Cl2N2O4. The number of nitrogens with zero attached hydrogens (tertiary/aromatic N) is 2. The lowest BCUT2D eigenvalue weighted by Gasteiger charge is -2.16. The Morgan fingerprint density at radius 1 is 1.09 bits per heavy atom. The number of ketones is 1. The molecule has 0 bridgehead atoms. The van der Waals surface area contributed by atoms with Crippen molar-refractivity contribution in [3.8, 4) is 0 Å². The molecular weight excluding hydrogens is 343 g/mol. The third-order valence-electron chi connectivity index (χ3n) is 3.22. The molecule has 0 aromatic heterocycles. The number of imide groups is 2. The maximum atomic E-state index is 12.3. The van der Waals surface area contributed by atoms with Crippen molar-refractivity contribution in [2.24, 2.45) is 5.92 Å². The molecule has 8 heteroatoms. The average Bonchev–Trinajstić information content (AvgIpc) is 2.64. The second-order valence-corrected chi connectivity index (χ2v) is 6.37. The summed E-state index contributed by atoms with van der Waals surface area (Å²) in [5, 5.41) is 0.477. The molecule has 0 unspecified atom stereocenters. The van der Waals surface area contributed by atoms with Gasteiger partial charge in [0.15, 0.2) is 5.78 Å². The molecule has 0 radical (unpaired) electrons. The second kappa shape index (κ2) is 6.68. The van der Waals surface area contributed by atoms with E-state index in [0.29, 0.717) is 9.92 Å². The largest absolute Gasteiger partial charge is 0.334 e. The van der Waals surface area contributed by atoms with Gasteiger partial charge in [-0.1, -0.05) is 37.0 Å². The zero-order valence-electron chi connectivity index (χ0n) is 12.5. The number of carbonyl (C=O) groups excluding carboxylic acids is 4. The number of halogens is 2. The lowest BCUT2D eigenvalue weighted by Crippen LogP contribution is -2.38. The molecule has 4 amide bonds. The Hall–Kier alpha value is -1.92. The highest BCUT2D eigenvalue weighted by Crippen LogP contribution is 2.22. The molecule has 1 saturated heterocycles. The molecule has 0 aliphatic carbocycles. The van der Waals surface area contributed by atoms with E-state index in [1.54, 1.807) is 0 Å². The number of hydrogen-bond acceptors (Lipinski definition) is 4. The first-order chi connectivity index (χ1) is 10.7. The van der Waals surface area contributed by atoms with Crippen LogP contribution in [-0.4, -0.2) is 46.5 Å². The van der Waals surface area contributed by atoms with Gasteiger partial charge in [-0.2, -0.15) is 0 Å². The van der Waals surface area contributed by atoms with E-state index in [4.69, 9.17) is 23.2 Å². The van der Waals surface area contributed by atoms with Crippen LogP contribution >= 0.6 is 23.2 Å². The fourth-order valence-electron chi connectivity index (χ4n) is 2.16. The number of benzene rings is 1. The maximum Gasteiger partial charge on any atom is 0.334 e. The predicted octanol–water partition coefficient (Wildman–Crippen LogP) is 2.62. The number of Topliss-reactive ketones (excluding diaryl/α,β-unsaturated/α-hetero) is 1. The molecule has 23 heavy (non-hydrogen) atoms. The summed E-state index contributed by atoms with van der Waals surface area (Å²) in [6, 6.07) is 3.49. The topological polar surface area (TPSA) is 74.8 Å². The van der Waals surface area contributed by atoms with Gasteiger partial charge >= 0.3 is 17.8 Å². The number of urea groups is 1. The summed E-state index contributed by atoms with van der Waals surface area (Å²) in [5.74, 6) is -2.46. The Labute approximate surface area is 142 Å². The van der Waals surface area contributed by atoms with Crippen molar-refractivity contribution in [2.45, 2.75) is 13.8 Å². The summed E-state index contributed by atoms with van der Waals surface area (Å²) < 4.78 is 0. The zero-order chi connectivity index (χ0) is 17.3. The van der Waals surface area contributed by atoms with E-state index < -0.39 is 30.2 Å². The van der Waals surface area contributed by atoms with Crippen molar-refractivity contribution in [1.82, 2.24) is 9.80 Å². The monoisotopic (exact) mass is 356 g/mol. The number of carbonyl (C=O) groups is 4. The maximum absolute atomic E-state index is 12.3. The van der Waals surface area contributed by atoms with Crippen molar-refractivity contribution >= 4 is 46.8 Å². The van der Waals surface area contributed by atoms with Crippen LogP contribution in [-0.2, 0) is 9.59 Å². The van der Waals surface area contributed by atoms with Gasteiger partial charge in [0.1, 0.15) is 0 Å². The first-order valence-corrected chi connectivity index (χ1v) is 7.63. The van der Waals surface area contributed by atoms with Gasteiger partial charge in [-0.05, 0) is 24.1 Å². The lowest BCUT2D eigenvalue weighted by atomic mass is 10.1. The van der Waals surface area contributed by atoms with Crippen molar-refractivity contribution in [3.63, 3.8) is 0 Å². The smallest absolute Gasteiger partial charge is 0.292 e. The van der Waals surface area contributed by atoms with E-state index in [-0.39, 0.29) is 23.0 Å². The van der Waals surface area contributed by atoms with Gasteiger partial charge in [0.2, 0.25) is 0 Å². The van der Waals surface area contributed by atoms with E-state index in [0.717, 1.165) is 4.90 Å². The summed E-state index contributed by atoms with van der Waals surface area (Å²) in [5.41, 5.74) is 0.131. The normalized spacial score (nSPS) is 15.1. The van der Waals surface area contributed by atoms with Crippen LogP contribution in [0, 0.1) is 5.92 Å². The van der Waals surface area contributed by atoms with Gasteiger partial charge in [0.25, 0.3) is 0 Å². The quantitative estimate of drug-likeness (QED) is 0.461. The van der Waals surface area contributed by atoms with E-state index in [2.05, 4.69) is 0 Å². The second-order valence-electron chi connectivity index (χ2n) is 5.53.